The number of carbonyl (C=O) groups excluding carboxylic acids is 1. The second-order valence-electron chi connectivity index (χ2n) is 4.25. The summed E-state index contributed by atoms with van der Waals surface area (Å²) in [6.07, 6.45) is -0.241. The minimum absolute atomic E-state index is 0.0335. The Balaban J connectivity index is 2.47. The van der Waals surface area contributed by atoms with Crippen LogP contribution >= 0.6 is 0 Å². The molecule has 0 aliphatic rings. The summed E-state index contributed by atoms with van der Waals surface area (Å²) in [5.41, 5.74) is 0.503. The average molecular weight is 260 g/mol. The van der Waals surface area contributed by atoms with Gasteiger partial charge in [-0.3, -0.25) is 10.1 Å². The van der Waals surface area contributed by atoms with E-state index in [1.165, 1.54) is 24.3 Å². The van der Waals surface area contributed by atoms with Crippen LogP contribution in [0.2, 0.25) is 0 Å². The highest BCUT2D eigenvalue weighted by Gasteiger charge is 2.15. The summed E-state index contributed by atoms with van der Waals surface area (Å²) in [6.45, 7) is 3.48. The van der Waals surface area contributed by atoms with Gasteiger partial charge in [-0.05, 0) is 32.0 Å². The van der Waals surface area contributed by atoms with Crippen LogP contribution in [0, 0.1) is 10.1 Å². The molecule has 1 aromatic carbocycles. The van der Waals surface area contributed by atoms with Gasteiger partial charge in [0.25, 0.3) is 5.69 Å². The van der Waals surface area contributed by atoms with E-state index in [-0.39, 0.29) is 17.5 Å². The third-order valence-corrected chi connectivity index (χ3v) is 2.46. The minimum atomic E-state index is -0.539. The van der Waals surface area contributed by atoms with Gasteiger partial charge < -0.3 is 4.74 Å². The molecule has 1 heterocycles. The topological polar surface area (TPSA) is 82.3 Å². The number of hydrogen-bond acceptors (Lipinski definition) is 5. The Morgan fingerprint density at radius 1 is 1.32 bits per heavy atom. The molecule has 0 aliphatic heterocycles. The van der Waals surface area contributed by atoms with Gasteiger partial charge in [-0.15, -0.1) is 0 Å². The summed E-state index contributed by atoms with van der Waals surface area (Å²) in [4.78, 5) is 26.2. The van der Waals surface area contributed by atoms with Crippen LogP contribution in [0.4, 0.5) is 5.69 Å². The molecule has 0 saturated carbocycles. The van der Waals surface area contributed by atoms with Gasteiger partial charge in [0.05, 0.1) is 21.9 Å². The number of nitrogens with zero attached hydrogens (tertiary/aromatic N) is 2. The molecule has 6 heteroatoms. The summed E-state index contributed by atoms with van der Waals surface area (Å²) in [7, 11) is 0. The third-order valence-electron chi connectivity index (χ3n) is 2.46. The van der Waals surface area contributed by atoms with Crippen LogP contribution in [0.5, 0.6) is 0 Å². The number of fused-ring (bicyclic) bond motifs is 1. The van der Waals surface area contributed by atoms with Crippen LogP contribution in [-0.2, 0) is 4.74 Å². The quantitative estimate of drug-likeness (QED) is 0.481. The number of hydrogen-bond donors (Lipinski definition) is 0. The van der Waals surface area contributed by atoms with Gasteiger partial charge in [0.15, 0.2) is 0 Å². The maximum Gasteiger partial charge on any atom is 0.357 e. The highest BCUT2D eigenvalue weighted by molar-refractivity contribution is 5.94. The third kappa shape index (κ3) is 2.67. The van der Waals surface area contributed by atoms with Crippen molar-refractivity contribution in [2.24, 2.45) is 0 Å². The smallest absolute Gasteiger partial charge is 0.357 e. The van der Waals surface area contributed by atoms with Gasteiger partial charge in [-0.2, -0.15) is 0 Å². The first-order valence-corrected chi connectivity index (χ1v) is 5.74. The Morgan fingerprint density at radius 2 is 2.05 bits per heavy atom. The van der Waals surface area contributed by atoms with E-state index in [2.05, 4.69) is 4.98 Å². The van der Waals surface area contributed by atoms with Crippen molar-refractivity contribution < 1.29 is 14.5 Å². The lowest BCUT2D eigenvalue weighted by atomic mass is 10.1. The Hall–Kier alpha value is -2.50. The molecule has 0 aliphatic carbocycles. The van der Waals surface area contributed by atoms with Crippen molar-refractivity contribution in [2.45, 2.75) is 20.0 Å². The van der Waals surface area contributed by atoms with Gasteiger partial charge in [0.1, 0.15) is 5.69 Å². The Kier molecular flexibility index (Phi) is 3.41. The predicted molar refractivity (Wildman–Crippen MR) is 68.9 cm³/mol. The number of nitro groups is 1. The Bertz CT molecular complexity index is 652. The summed E-state index contributed by atoms with van der Waals surface area (Å²) < 4.78 is 5.03. The Labute approximate surface area is 109 Å². The van der Waals surface area contributed by atoms with Gasteiger partial charge in [0, 0.05) is 6.07 Å². The van der Waals surface area contributed by atoms with Crippen LogP contribution in [0.1, 0.15) is 24.3 Å². The molecule has 0 saturated heterocycles. The van der Waals surface area contributed by atoms with Crippen LogP contribution in [0.25, 0.3) is 10.9 Å². The number of benzene rings is 1. The number of non-ortho nitro benzene ring substituents is 1. The van der Waals surface area contributed by atoms with Gasteiger partial charge in [-0.25, -0.2) is 9.78 Å². The number of ether oxygens (including phenoxy) is 1. The number of nitro benzene ring substituents is 1. The number of carbonyl (C=O) groups is 1. The number of rotatable bonds is 3. The second kappa shape index (κ2) is 5.01. The van der Waals surface area contributed by atoms with E-state index in [1.807, 2.05) is 0 Å². The minimum Gasteiger partial charge on any atom is -0.458 e. The van der Waals surface area contributed by atoms with Gasteiger partial charge in [0.2, 0.25) is 0 Å². The number of esters is 1. The fourth-order valence-corrected chi connectivity index (χ4v) is 1.69. The molecule has 98 valence electrons. The largest absolute Gasteiger partial charge is 0.458 e. The maximum absolute atomic E-state index is 11.7. The monoisotopic (exact) mass is 260 g/mol. The first kappa shape index (κ1) is 12.9. The van der Waals surface area contributed by atoms with Crippen molar-refractivity contribution in [1.29, 1.82) is 0 Å². The van der Waals surface area contributed by atoms with Crippen LogP contribution in [0.15, 0.2) is 30.3 Å². The first-order valence-electron chi connectivity index (χ1n) is 5.74. The fourth-order valence-electron chi connectivity index (χ4n) is 1.69. The van der Waals surface area contributed by atoms with Crippen molar-refractivity contribution in [3.8, 4) is 0 Å². The van der Waals surface area contributed by atoms with E-state index in [0.29, 0.717) is 10.9 Å². The average Bonchev–Trinajstić information content (AvgIpc) is 2.36. The molecule has 0 unspecified atom stereocenters. The molecule has 19 heavy (non-hydrogen) atoms. The molecular formula is C13H12N2O4. The number of pyridine rings is 1. The SMILES string of the molecule is CC(C)OC(=O)c1ccc2c([N+](=O)[O-])cccc2n1. The molecule has 0 bridgehead atoms. The van der Waals surface area contributed by atoms with Crippen molar-refractivity contribution in [2.75, 3.05) is 0 Å². The molecule has 2 rings (SSSR count). The van der Waals surface area contributed by atoms with Crippen LogP contribution < -0.4 is 0 Å². The zero-order chi connectivity index (χ0) is 14.0. The van der Waals surface area contributed by atoms with Gasteiger partial charge in [-0.1, -0.05) is 6.07 Å². The van der Waals surface area contributed by atoms with Crippen LogP contribution in [0.3, 0.4) is 0 Å². The number of aromatic nitrogens is 1. The lowest BCUT2D eigenvalue weighted by molar-refractivity contribution is -0.383. The highest BCUT2D eigenvalue weighted by atomic mass is 16.6. The normalized spacial score (nSPS) is 10.7. The predicted octanol–water partition coefficient (Wildman–Crippen LogP) is 2.71. The standard InChI is InChI=1S/C13H12N2O4/c1-8(2)19-13(16)11-7-6-9-10(14-11)4-3-5-12(9)15(17)18/h3-8H,1-2H3. The Morgan fingerprint density at radius 3 is 2.68 bits per heavy atom. The molecule has 2 aromatic rings. The van der Waals surface area contributed by atoms with E-state index in [4.69, 9.17) is 4.74 Å². The summed E-state index contributed by atoms with van der Waals surface area (Å²) in [5, 5.41) is 11.3. The summed E-state index contributed by atoms with van der Waals surface area (Å²) >= 11 is 0. The lowest BCUT2D eigenvalue weighted by Gasteiger charge is -2.07. The highest BCUT2D eigenvalue weighted by Crippen LogP contribution is 2.24. The van der Waals surface area contributed by atoms with E-state index in [9.17, 15) is 14.9 Å². The van der Waals surface area contributed by atoms with E-state index >= 15 is 0 Å². The zero-order valence-corrected chi connectivity index (χ0v) is 10.5. The molecule has 0 atom stereocenters. The fraction of sp³-hybridized carbons (Fsp3) is 0.231. The zero-order valence-electron chi connectivity index (χ0n) is 10.5. The van der Waals surface area contributed by atoms with E-state index in [0.717, 1.165) is 0 Å². The second-order valence-corrected chi connectivity index (χ2v) is 4.25. The van der Waals surface area contributed by atoms with E-state index in [1.54, 1.807) is 19.9 Å². The van der Waals surface area contributed by atoms with E-state index < -0.39 is 10.9 Å². The molecule has 1 aromatic heterocycles. The van der Waals surface area contributed by atoms with Crippen molar-refractivity contribution >= 4 is 22.6 Å². The molecule has 0 amide bonds. The molecule has 0 spiro atoms. The summed E-state index contributed by atoms with van der Waals surface area (Å²) in [5.74, 6) is -0.539. The molecule has 0 fully saturated rings. The lowest BCUT2D eigenvalue weighted by Crippen LogP contribution is -2.13. The molecule has 0 radical (unpaired) electrons. The molecule has 0 N–H and O–H groups in total. The molecule has 6 nitrogen and oxygen atoms in total. The maximum atomic E-state index is 11.7. The summed E-state index contributed by atoms with van der Waals surface area (Å²) in [6, 6.07) is 7.49. The van der Waals surface area contributed by atoms with Gasteiger partial charge >= 0.3 is 5.97 Å². The first-order chi connectivity index (χ1) is 8.99. The van der Waals surface area contributed by atoms with Crippen molar-refractivity contribution in [3.63, 3.8) is 0 Å². The van der Waals surface area contributed by atoms with Crippen molar-refractivity contribution in [1.82, 2.24) is 4.98 Å². The van der Waals surface area contributed by atoms with Crippen molar-refractivity contribution in [3.05, 3.63) is 46.1 Å². The molecular weight excluding hydrogens is 248 g/mol. The van der Waals surface area contributed by atoms with Crippen LogP contribution in [-0.4, -0.2) is 22.0 Å².